The van der Waals surface area contributed by atoms with Crippen LogP contribution < -0.4 is 0 Å². The lowest BCUT2D eigenvalue weighted by atomic mass is 10.1. The molecule has 0 aromatic heterocycles. The average Bonchev–Trinajstić information content (AvgIpc) is 2.16. The zero-order valence-corrected chi connectivity index (χ0v) is 11.8. The third-order valence-corrected chi connectivity index (χ3v) is 2.48. The molecule has 1 aromatic rings. The molecule has 0 saturated carbocycles. The van der Waals surface area contributed by atoms with Gasteiger partial charge < -0.3 is 14.7 Å². The number of hydrogen-bond acceptors (Lipinski definition) is 3. The first kappa shape index (κ1) is 16.4. The van der Waals surface area contributed by atoms with Gasteiger partial charge in [0.25, 0.3) is 0 Å². The van der Waals surface area contributed by atoms with E-state index in [0.717, 1.165) is 17.7 Å². The highest BCUT2D eigenvalue weighted by molar-refractivity contribution is 5.85. The molecule has 1 atom stereocenters. The van der Waals surface area contributed by atoms with Gasteiger partial charge in [-0.3, -0.25) is 0 Å². The van der Waals surface area contributed by atoms with Gasteiger partial charge in [0, 0.05) is 12.1 Å². The highest BCUT2D eigenvalue weighted by Crippen LogP contribution is 2.22. The summed E-state index contributed by atoms with van der Waals surface area (Å²) in [6, 6.07) is 7.74. The Hall–Kier alpha value is -0.610. The molecule has 0 spiro atoms. The van der Waals surface area contributed by atoms with E-state index >= 15 is 0 Å². The van der Waals surface area contributed by atoms with Crippen molar-refractivity contribution in [2.24, 2.45) is 0 Å². The van der Waals surface area contributed by atoms with Crippen molar-refractivity contribution in [2.75, 3.05) is 27.2 Å². The van der Waals surface area contributed by atoms with Crippen molar-refractivity contribution >= 4 is 12.4 Å². The fourth-order valence-electron chi connectivity index (χ4n) is 1.44. The van der Waals surface area contributed by atoms with Crippen molar-refractivity contribution in [3.05, 3.63) is 35.4 Å². The van der Waals surface area contributed by atoms with Crippen molar-refractivity contribution in [1.82, 2.24) is 4.90 Å². The number of aliphatic hydroxyl groups is 1. The van der Waals surface area contributed by atoms with Crippen LogP contribution in [0.1, 0.15) is 18.1 Å². The summed E-state index contributed by atoms with van der Waals surface area (Å²) in [6.45, 7) is 4.98. The summed E-state index contributed by atoms with van der Waals surface area (Å²) >= 11 is 0. The van der Waals surface area contributed by atoms with Crippen LogP contribution in [0.5, 0.6) is 0 Å². The molecule has 0 aliphatic rings. The van der Waals surface area contributed by atoms with E-state index < -0.39 is 5.79 Å². The van der Waals surface area contributed by atoms with E-state index in [1.54, 1.807) is 6.92 Å². The molecular weight excluding hydrogens is 238 g/mol. The lowest BCUT2D eigenvalue weighted by molar-refractivity contribution is -0.199. The highest BCUT2D eigenvalue weighted by atomic mass is 35.5. The van der Waals surface area contributed by atoms with Crippen molar-refractivity contribution in [3.8, 4) is 0 Å². The molecule has 0 heterocycles. The van der Waals surface area contributed by atoms with Crippen LogP contribution in [0.4, 0.5) is 0 Å². The minimum atomic E-state index is -1.21. The average molecular weight is 260 g/mol. The molecule has 0 saturated heterocycles. The van der Waals surface area contributed by atoms with E-state index in [9.17, 15) is 5.11 Å². The molecule has 3 nitrogen and oxygen atoms in total. The Kier molecular flexibility index (Phi) is 6.72. The second-order valence-corrected chi connectivity index (χ2v) is 4.50. The number of ether oxygens (including phenoxy) is 1. The second-order valence-electron chi connectivity index (χ2n) is 4.50. The molecule has 0 aliphatic heterocycles. The minimum Gasteiger partial charge on any atom is -0.362 e. The number of rotatable bonds is 5. The molecule has 1 N–H and O–H groups in total. The molecule has 0 radical (unpaired) electrons. The summed E-state index contributed by atoms with van der Waals surface area (Å²) in [5.41, 5.74) is 1.92. The first-order valence-electron chi connectivity index (χ1n) is 5.50. The van der Waals surface area contributed by atoms with Crippen LogP contribution in [0.25, 0.3) is 0 Å². The molecular formula is C13H22ClNO2. The van der Waals surface area contributed by atoms with Gasteiger partial charge in [0.2, 0.25) is 0 Å². The van der Waals surface area contributed by atoms with E-state index in [4.69, 9.17) is 4.74 Å². The Balaban J connectivity index is 0.00000256. The molecule has 1 unspecified atom stereocenters. The molecule has 1 rings (SSSR count). The Morgan fingerprint density at radius 1 is 1.35 bits per heavy atom. The van der Waals surface area contributed by atoms with E-state index in [-0.39, 0.29) is 12.4 Å². The predicted molar refractivity (Wildman–Crippen MR) is 72.5 cm³/mol. The summed E-state index contributed by atoms with van der Waals surface area (Å²) in [5.74, 6) is -1.21. The maximum absolute atomic E-state index is 10.2. The zero-order chi connectivity index (χ0) is 12.2. The van der Waals surface area contributed by atoms with Crippen molar-refractivity contribution in [3.63, 3.8) is 0 Å². The summed E-state index contributed by atoms with van der Waals surface area (Å²) in [6.07, 6.45) is 0. The van der Waals surface area contributed by atoms with Gasteiger partial charge >= 0.3 is 0 Å². The molecule has 17 heavy (non-hydrogen) atoms. The van der Waals surface area contributed by atoms with Crippen LogP contribution in [0.15, 0.2) is 24.3 Å². The van der Waals surface area contributed by atoms with Gasteiger partial charge in [0.05, 0.1) is 6.61 Å². The Labute approximate surface area is 110 Å². The maximum atomic E-state index is 10.2. The monoisotopic (exact) mass is 259 g/mol. The number of halogens is 1. The summed E-state index contributed by atoms with van der Waals surface area (Å²) < 4.78 is 5.50. The molecule has 0 bridgehead atoms. The van der Waals surface area contributed by atoms with Gasteiger partial charge in [-0.2, -0.15) is 0 Å². The van der Waals surface area contributed by atoms with Crippen LogP contribution in [-0.2, 0) is 10.5 Å². The van der Waals surface area contributed by atoms with Gasteiger partial charge in [-0.1, -0.05) is 29.8 Å². The molecule has 4 heteroatoms. The Morgan fingerprint density at radius 3 is 2.53 bits per heavy atom. The first-order valence-corrected chi connectivity index (χ1v) is 5.50. The second kappa shape index (κ2) is 6.97. The fourth-order valence-corrected chi connectivity index (χ4v) is 1.44. The standard InChI is InChI=1S/C13H21NO2.ClH/c1-11-6-5-7-12(10-11)13(2,15)16-9-8-14(3)4;/h5-7,10,15H,8-9H2,1-4H3;1H. The van der Waals surface area contributed by atoms with Gasteiger partial charge in [-0.15, -0.1) is 12.4 Å². The molecule has 98 valence electrons. The van der Waals surface area contributed by atoms with Crippen LogP contribution >= 0.6 is 12.4 Å². The number of benzene rings is 1. The van der Waals surface area contributed by atoms with E-state index in [1.165, 1.54) is 0 Å². The van der Waals surface area contributed by atoms with Crippen molar-refractivity contribution in [2.45, 2.75) is 19.6 Å². The molecule has 1 aromatic carbocycles. The molecule has 0 fully saturated rings. The smallest absolute Gasteiger partial charge is 0.189 e. The van der Waals surface area contributed by atoms with Crippen LogP contribution in [0.3, 0.4) is 0 Å². The van der Waals surface area contributed by atoms with Crippen molar-refractivity contribution in [1.29, 1.82) is 0 Å². The topological polar surface area (TPSA) is 32.7 Å². The number of hydrogen-bond donors (Lipinski definition) is 1. The van der Waals surface area contributed by atoms with Crippen LogP contribution in [0.2, 0.25) is 0 Å². The van der Waals surface area contributed by atoms with Gasteiger partial charge in [-0.25, -0.2) is 0 Å². The SMILES string of the molecule is Cc1cccc(C(C)(O)OCCN(C)C)c1.Cl. The summed E-state index contributed by atoms with van der Waals surface area (Å²) in [4.78, 5) is 2.02. The summed E-state index contributed by atoms with van der Waals surface area (Å²) in [7, 11) is 3.95. The number of likely N-dealkylation sites (N-methyl/N-ethyl adjacent to an activating group) is 1. The number of nitrogens with zero attached hydrogens (tertiary/aromatic N) is 1. The largest absolute Gasteiger partial charge is 0.362 e. The predicted octanol–water partition coefficient (Wildman–Crippen LogP) is 2.16. The van der Waals surface area contributed by atoms with E-state index in [0.29, 0.717) is 6.61 Å². The fraction of sp³-hybridized carbons (Fsp3) is 0.538. The van der Waals surface area contributed by atoms with Crippen LogP contribution in [0, 0.1) is 6.92 Å². The third-order valence-electron chi connectivity index (χ3n) is 2.48. The molecule has 0 aliphatic carbocycles. The van der Waals surface area contributed by atoms with E-state index in [1.807, 2.05) is 50.2 Å². The number of aryl methyl sites for hydroxylation is 1. The lowest BCUT2D eigenvalue weighted by Crippen LogP contribution is -2.29. The quantitative estimate of drug-likeness (QED) is 0.823. The van der Waals surface area contributed by atoms with Crippen molar-refractivity contribution < 1.29 is 9.84 Å². The third kappa shape index (κ3) is 5.50. The Morgan fingerprint density at radius 2 is 2.00 bits per heavy atom. The first-order chi connectivity index (χ1) is 7.42. The Bertz CT molecular complexity index is 340. The van der Waals surface area contributed by atoms with Crippen LogP contribution in [-0.4, -0.2) is 37.3 Å². The van der Waals surface area contributed by atoms with Gasteiger partial charge in [0.15, 0.2) is 5.79 Å². The van der Waals surface area contributed by atoms with Gasteiger partial charge in [0.1, 0.15) is 0 Å². The zero-order valence-electron chi connectivity index (χ0n) is 10.9. The normalized spacial score (nSPS) is 14.2. The maximum Gasteiger partial charge on any atom is 0.189 e. The minimum absolute atomic E-state index is 0. The van der Waals surface area contributed by atoms with E-state index in [2.05, 4.69) is 0 Å². The molecule has 0 amide bonds. The highest BCUT2D eigenvalue weighted by Gasteiger charge is 2.23. The van der Waals surface area contributed by atoms with Gasteiger partial charge in [-0.05, 0) is 27.9 Å². The lowest BCUT2D eigenvalue weighted by Gasteiger charge is -2.25. The summed E-state index contributed by atoms with van der Waals surface area (Å²) in [5, 5.41) is 10.2.